The number of aliphatic carboxylic acids is 1. The molecule has 1 N–H and O–H groups in total. The van der Waals surface area contributed by atoms with Crippen LogP contribution in [0.2, 0.25) is 0 Å². The summed E-state index contributed by atoms with van der Waals surface area (Å²) >= 11 is 0. The summed E-state index contributed by atoms with van der Waals surface area (Å²) in [5, 5.41) is 9.01. The number of carbonyl (C=O) groups excluding carboxylic acids is 1. The average Bonchev–Trinajstić information content (AvgIpc) is 2.74. The van der Waals surface area contributed by atoms with E-state index in [0.717, 1.165) is 6.42 Å². The molecule has 4 nitrogen and oxygen atoms in total. The Morgan fingerprint density at radius 1 is 1.29 bits per heavy atom. The van der Waals surface area contributed by atoms with Crippen LogP contribution in [0, 0.1) is 23.7 Å². The molecule has 2 aliphatic rings. The molecule has 0 spiro atoms. The molecular formula is C10H12O4. The van der Waals surface area contributed by atoms with E-state index in [1.807, 2.05) is 12.2 Å². The van der Waals surface area contributed by atoms with Gasteiger partial charge in [-0.25, -0.2) is 0 Å². The summed E-state index contributed by atoms with van der Waals surface area (Å²) in [6.45, 7) is 0. The van der Waals surface area contributed by atoms with Crippen LogP contribution in [-0.4, -0.2) is 24.2 Å². The van der Waals surface area contributed by atoms with E-state index in [1.165, 1.54) is 7.11 Å². The third-order valence-electron chi connectivity index (χ3n) is 3.22. The first kappa shape index (κ1) is 9.24. The van der Waals surface area contributed by atoms with E-state index < -0.39 is 23.8 Å². The highest BCUT2D eigenvalue weighted by Crippen LogP contribution is 2.48. The van der Waals surface area contributed by atoms with Gasteiger partial charge >= 0.3 is 11.9 Å². The third-order valence-corrected chi connectivity index (χ3v) is 3.22. The molecule has 0 aliphatic heterocycles. The first-order valence-electron chi connectivity index (χ1n) is 4.64. The Kier molecular flexibility index (Phi) is 2.06. The number of hydrogen-bond acceptors (Lipinski definition) is 3. The lowest BCUT2D eigenvalue weighted by Crippen LogP contribution is -2.33. The van der Waals surface area contributed by atoms with Gasteiger partial charge in [-0.1, -0.05) is 12.2 Å². The number of hydrogen-bond donors (Lipinski definition) is 1. The summed E-state index contributed by atoms with van der Waals surface area (Å²) in [5.74, 6) is -2.27. The molecule has 4 heteroatoms. The van der Waals surface area contributed by atoms with Crippen LogP contribution < -0.4 is 0 Å². The zero-order valence-electron chi connectivity index (χ0n) is 7.84. The molecule has 2 aliphatic carbocycles. The number of carboxylic acid groups (broad SMARTS) is 1. The van der Waals surface area contributed by atoms with Gasteiger partial charge in [0.15, 0.2) is 0 Å². The summed E-state index contributed by atoms with van der Waals surface area (Å²) in [5.41, 5.74) is 0. The van der Waals surface area contributed by atoms with Crippen molar-refractivity contribution in [3.63, 3.8) is 0 Å². The Morgan fingerprint density at radius 3 is 2.36 bits per heavy atom. The normalized spacial score (nSPS) is 38.6. The summed E-state index contributed by atoms with van der Waals surface area (Å²) in [7, 11) is 1.30. The van der Waals surface area contributed by atoms with Gasteiger partial charge in [-0.05, 0) is 18.3 Å². The van der Waals surface area contributed by atoms with Crippen molar-refractivity contribution in [3.8, 4) is 0 Å². The number of allylic oxidation sites excluding steroid dienone is 2. The van der Waals surface area contributed by atoms with Crippen LogP contribution in [-0.2, 0) is 14.3 Å². The van der Waals surface area contributed by atoms with E-state index in [9.17, 15) is 9.59 Å². The molecule has 0 aromatic carbocycles. The molecule has 0 aromatic rings. The largest absolute Gasteiger partial charge is 0.481 e. The fourth-order valence-corrected chi connectivity index (χ4v) is 2.62. The molecule has 1 fully saturated rings. The van der Waals surface area contributed by atoms with Crippen LogP contribution >= 0.6 is 0 Å². The molecule has 76 valence electrons. The second-order valence-corrected chi connectivity index (χ2v) is 3.86. The standard InChI is InChI=1S/C10H12O4/c1-14-10(13)8-6-3-2-5(4-6)7(8)9(11)12/h2-3,5-8H,4H2,1H3,(H,11,12)/t5-,6-,7?,8?/m1/s1. The molecule has 0 radical (unpaired) electrons. The number of esters is 1. The van der Waals surface area contributed by atoms with Gasteiger partial charge in [0.25, 0.3) is 0 Å². The number of rotatable bonds is 2. The highest BCUT2D eigenvalue weighted by atomic mass is 16.5. The first-order valence-corrected chi connectivity index (χ1v) is 4.64. The Bertz CT molecular complexity index is 307. The smallest absolute Gasteiger partial charge is 0.310 e. The van der Waals surface area contributed by atoms with E-state index in [2.05, 4.69) is 4.74 Å². The lowest BCUT2D eigenvalue weighted by Gasteiger charge is -2.21. The van der Waals surface area contributed by atoms with Crippen LogP contribution in [0.25, 0.3) is 0 Å². The van der Waals surface area contributed by atoms with Crippen LogP contribution in [0.15, 0.2) is 12.2 Å². The molecule has 0 aromatic heterocycles. The predicted molar refractivity (Wildman–Crippen MR) is 47.4 cm³/mol. The Morgan fingerprint density at radius 2 is 1.86 bits per heavy atom. The highest BCUT2D eigenvalue weighted by Gasteiger charge is 2.52. The van der Waals surface area contributed by atoms with Crippen LogP contribution in [0.4, 0.5) is 0 Å². The molecule has 0 heterocycles. The van der Waals surface area contributed by atoms with Gasteiger partial charge in [-0.2, -0.15) is 0 Å². The quantitative estimate of drug-likeness (QED) is 0.521. The number of ether oxygens (including phenoxy) is 1. The third kappa shape index (κ3) is 1.14. The van der Waals surface area contributed by atoms with Crippen molar-refractivity contribution in [1.82, 2.24) is 0 Å². The summed E-state index contributed by atoms with van der Waals surface area (Å²) < 4.78 is 4.63. The summed E-state index contributed by atoms with van der Waals surface area (Å²) in [4.78, 5) is 22.4. The van der Waals surface area contributed by atoms with Crippen molar-refractivity contribution < 1.29 is 19.4 Å². The van der Waals surface area contributed by atoms with Crippen molar-refractivity contribution in [2.45, 2.75) is 6.42 Å². The van der Waals surface area contributed by atoms with Gasteiger partial charge in [0.1, 0.15) is 0 Å². The molecule has 0 amide bonds. The minimum Gasteiger partial charge on any atom is -0.481 e. The topological polar surface area (TPSA) is 63.6 Å². The van der Waals surface area contributed by atoms with Crippen molar-refractivity contribution in [3.05, 3.63) is 12.2 Å². The van der Waals surface area contributed by atoms with E-state index in [-0.39, 0.29) is 11.8 Å². The van der Waals surface area contributed by atoms with Crippen LogP contribution in [0.1, 0.15) is 6.42 Å². The molecular weight excluding hydrogens is 184 g/mol. The maximum absolute atomic E-state index is 11.4. The predicted octanol–water partition coefficient (Wildman–Crippen LogP) is 0.682. The Labute approximate surface area is 81.6 Å². The van der Waals surface area contributed by atoms with Crippen molar-refractivity contribution >= 4 is 11.9 Å². The second-order valence-electron chi connectivity index (χ2n) is 3.86. The second kappa shape index (κ2) is 3.12. The van der Waals surface area contributed by atoms with Crippen molar-refractivity contribution in [2.24, 2.45) is 23.7 Å². The lowest BCUT2D eigenvalue weighted by molar-refractivity contribution is -0.156. The lowest BCUT2D eigenvalue weighted by atomic mass is 9.83. The minimum atomic E-state index is -0.891. The molecule has 14 heavy (non-hydrogen) atoms. The fourth-order valence-electron chi connectivity index (χ4n) is 2.62. The molecule has 2 rings (SSSR count). The SMILES string of the molecule is COC(=O)C1C(C(=O)O)[C@@H]2C=C[C@@H]1C2. The van der Waals surface area contributed by atoms with E-state index in [1.54, 1.807) is 0 Å². The molecule has 1 saturated carbocycles. The van der Waals surface area contributed by atoms with Gasteiger partial charge in [0.2, 0.25) is 0 Å². The van der Waals surface area contributed by atoms with Crippen LogP contribution in [0.3, 0.4) is 0 Å². The molecule has 2 bridgehead atoms. The number of methoxy groups -OCH3 is 1. The molecule has 4 atom stereocenters. The zero-order chi connectivity index (χ0) is 10.3. The average molecular weight is 196 g/mol. The van der Waals surface area contributed by atoms with Crippen molar-refractivity contribution in [1.29, 1.82) is 0 Å². The van der Waals surface area contributed by atoms with E-state index in [4.69, 9.17) is 5.11 Å². The molecule has 0 saturated heterocycles. The van der Waals surface area contributed by atoms with Gasteiger partial charge in [0.05, 0.1) is 18.9 Å². The number of carboxylic acids is 1. The highest BCUT2D eigenvalue weighted by molar-refractivity contribution is 5.83. The Hall–Kier alpha value is -1.32. The number of fused-ring (bicyclic) bond motifs is 2. The van der Waals surface area contributed by atoms with Gasteiger partial charge < -0.3 is 9.84 Å². The number of carbonyl (C=O) groups is 2. The van der Waals surface area contributed by atoms with E-state index in [0.29, 0.717) is 0 Å². The summed E-state index contributed by atoms with van der Waals surface area (Å²) in [6, 6.07) is 0. The van der Waals surface area contributed by atoms with Gasteiger partial charge in [-0.3, -0.25) is 9.59 Å². The Balaban J connectivity index is 2.26. The van der Waals surface area contributed by atoms with Crippen LogP contribution in [0.5, 0.6) is 0 Å². The molecule has 2 unspecified atom stereocenters. The monoisotopic (exact) mass is 196 g/mol. The summed E-state index contributed by atoms with van der Waals surface area (Å²) in [6.07, 6.45) is 4.62. The maximum atomic E-state index is 11.4. The van der Waals surface area contributed by atoms with Crippen molar-refractivity contribution in [2.75, 3.05) is 7.11 Å². The first-order chi connectivity index (χ1) is 6.65. The van der Waals surface area contributed by atoms with Gasteiger partial charge in [-0.15, -0.1) is 0 Å². The van der Waals surface area contributed by atoms with Gasteiger partial charge in [0, 0.05) is 0 Å². The fraction of sp³-hybridized carbons (Fsp3) is 0.600. The van der Waals surface area contributed by atoms with E-state index >= 15 is 0 Å². The maximum Gasteiger partial charge on any atom is 0.310 e. The minimum absolute atomic E-state index is 0.0154. The zero-order valence-corrected chi connectivity index (χ0v) is 7.84.